The van der Waals surface area contributed by atoms with E-state index >= 15 is 0 Å². The Bertz CT molecular complexity index is 677. The number of hydrogen-bond acceptors (Lipinski definition) is 2. The molecular formula is C13H9F5N2O. The monoisotopic (exact) mass is 304 g/mol. The van der Waals surface area contributed by atoms with Crippen molar-refractivity contribution in [2.24, 2.45) is 0 Å². The van der Waals surface area contributed by atoms with Crippen LogP contribution < -0.4 is 0 Å². The zero-order chi connectivity index (χ0) is 15.8. The van der Waals surface area contributed by atoms with Gasteiger partial charge in [0.25, 0.3) is 0 Å². The van der Waals surface area contributed by atoms with Crippen LogP contribution in [0.5, 0.6) is 0 Å². The highest BCUT2D eigenvalue weighted by Crippen LogP contribution is 2.28. The number of aromatic nitrogens is 2. The summed E-state index contributed by atoms with van der Waals surface area (Å²) in [5.74, 6) is -2.73. The maximum absolute atomic E-state index is 13.5. The van der Waals surface area contributed by atoms with Gasteiger partial charge in [0.15, 0.2) is 11.5 Å². The van der Waals surface area contributed by atoms with E-state index in [1.54, 1.807) is 0 Å². The summed E-state index contributed by atoms with van der Waals surface area (Å²) >= 11 is 0. The van der Waals surface area contributed by atoms with E-state index < -0.39 is 40.9 Å². The van der Waals surface area contributed by atoms with Crippen LogP contribution in [0.3, 0.4) is 0 Å². The van der Waals surface area contributed by atoms with Gasteiger partial charge in [0.2, 0.25) is 0 Å². The Morgan fingerprint density at radius 3 is 2.43 bits per heavy atom. The van der Waals surface area contributed by atoms with Gasteiger partial charge in [-0.15, -0.1) is 0 Å². The second-order valence-electron chi connectivity index (χ2n) is 4.34. The topological polar surface area (TPSA) is 34.9 Å². The zero-order valence-corrected chi connectivity index (χ0v) is 10.7. The summed E-state index contributed by atoms with van der Waals surface area (Å²) in [7, 11) is 0. The van der Waals surface area contributed by atoms with Crippen LogP contribution in [0.4, 0.5) is 22.0 Å². The van der Waals surface area contributed by atoms with E-state index in [4.69, 9.17) is 0 Å². The van der Waals surface area contributed by atoms with Crippen molar-refractivity contribution >= 4 is 5.78 Å². The Balaban J connectivity index is 2.29. The number of halogens is 5. The summed E-state index contributed by atoms with van der Waals surface area (Å²) in [6.07, 6.45) is -3.65. The molecule has 0 amide bonds. The van der Waals surface area contributed by atoms with Crippen LogP contribution in [-0.2, 0) is 6.18 Å². The van der Waals surface area contributed by atoms with Gasteiger partial charge in [0.1, 0.15) is 17.7 Å². The highest BCUT2D eigenvalue weighted by atomic mass is 19.4. The molecule has 3 nitrogen and oxygen atoms in total. The maximum Gasteiger partial charge on any atom is 0.435 e. The fourth-order valence-electron chi connectivity index (χ4n) is 1.74. The highest BCUT2D eigenvalue weighted by molar-refractivity contribution is 5.98. The summed E-state index contributed by atoms with van der Waals surface area (Å²) in [6, 6.07) is 1.93. The van der Waals surface area contributed by atoms with Crippen LogP contribution in [0.2, 0.25) is 0 Å². The second-order valence-corrected chi connectivity index (χ2v) is 4.34. The van der Waals surface area contributed by atoms with Crippen molar-refractivity contribution in [3.63, 3.8) is 0 Å². The molecule has 2 rings (SSSR count). The minimum absolute atomic E-state index is 0.409. The largest absolute Gasteiger partial charge is 0.435 e. The number of carbonyl (C=O) groups excluding carboxylic acids is 1. The number of benzene rings is 1. The molecule has 0 fully saturated rings. The molecular weight excluding hydrogens is 295 g/mol. The van der Waals surface area contributed by atoms with E-state index in [0.717, 1.165) is 23.0 Å². The number of alkyl halides is 3. The molecule has 0 aliphatic rings. The molecule has 1 aromatic heterocycles. The van der Waals surface area contributed by atoms with Crippen LogP contribution in [0.15, 0.2) is 30.5 Å². The first-order chi connectivity index (χ1) is 9.70. The summed E-state index contributed by atoms with van der Waals surface area (Å²) in [5.41, 5.74) is -1.56. The lowest BCUT2D eigenvalue weighted by Gasteiger charge is -2.12. The van der Waals surface area contributed by atoms with Gasteiger partial charge in [-0.1, -0.05) is 0 Å². The minimum atomic E-state index is -4.63. The number of hydrogen-bond donors (Lipinski definition) is 0. The number of rotatable bonds is 3. The molecule has 0 bridgehead atoms. The molecule has 1 unspecified atom stereocenters. The minimum Gasteiger partial charge on any atom is -0.292 e. The molecule has 1 aromatic carbocycles. The Labute approximate surface area is 116 Å². The average Bonchev–Trinajstić information content (AvgIpc) is 2.86. The first-order valence-corrected chi connectivity index (χ1v) is 5.82. The molecule has 0 N–H and O–H groups in total. The number of Topliss-reactive ketones (excluding diaryl/α,β-unsaturated/α-hetero) is 1. The molecule has 1 heterocycles. The van der Waals surface area contributed by atoms with Gasteiger partial charge < -0.3 is 0 Å². The van der Waals surface area contributed by atoms with Crippen LogP contribution >= 0.6 is 0 Å². The maximum atomic E-state index is 13.5. The Morgan fingerprint density at radius 1 is 1.24 bits per heavy atom. The molecule has 1 atom stereocenters. The van der Waals surface area contributed by atoms with E-state index in [-0.39, 0.29) is 0 Å². The first kappa shape index (κ1) is 15.1. The lowest BCUT2D eigenvalue weighted by Crippen LogP contribution is -2.19. The molecule has 112 valence electrons. The summed E-state index contributed by atoms with van der Waals surface area (Å²) in [6.45, 7) is 1.28. The SMILES string of the molecule is CC(C(=O)c1ccc(F)cc1F)n1ccc(C(F)(F)F)n1. The number of ketones is 1. The van der Waals surface area contributed by atoms with Crippen LogP contribution in [0.1, 0.15) is 29.0 Å². The quantitative estimate of drug-likeness (QED) is 0.641. The average molecular weight is 304 g/mol. The van der Waals surface area contributed by atoms with E-state index in [9.17, 15) is 26.7 Å². The zero-order valence-electron chi connectivity index (χ0n) is 10.7. The van der Waals surface area contributed by atoms with Gasteiger partial charge in [-0.05, 0) is 25.1 Å². The van der Waals surface area contributed by atoms with Gasteiger partial charge in [0, 0.05) is 12.3 Å². The van der Waals surface area contributed by atoms with Crippen molar-refractivity contribution in [3.8, 4) is 0 Å². The van der Waals surface area contributed by atoms with Crippen LogP contribution in [0.25, 0.3) is 0 Å². The van der Waals surface area contributed by atoms with Gasteiger partial charge in [-0.3, -0.25) is 9.48 Å². The molecule has 8 heteroatoms. The van der Waals surface area contributed by atoms with Crippen molar-refractivity contribution in [2.45, 2.75) is 19.1 Å². The third-order valence-electron chi connectivity index (χ3n) is 2.87. The van der Waals surface area contributed by atoms with Crippen molar-refractivity contribution in [2.75, 3.05) is 0 Å². The van der Waals surface area contributed by atoms with E-state index in [1.165, 1.54) is 6.92 Å². The molecule has 2 aromatic rings. The standard InChI is InChI=1S/C13H9F5N2O/c1-7(20-5-4-11(19-20)13(16,17)18)12(21)9-3-2-8(14)6-10(9)15/h2-7H,1H3. The highest BCUT2D eigenvalue weighted by Gasteiger charge is 2.34. The Hall–Kier alpha value is -2.25. The van der Waals surface area contributed by atoms with E-state index in [0.29, 0.717) is 12.1 Å². The van der Waals surface area contributed by atoms with Crippen molar-refractivity contribution in [1.82, 2.24) is 9.78 Å². The lowest BCUT2D eigenvalue weighted by molar-refractivity contribution is -0.141. The van der Waals surface area contributed by atoms with Crippen LogP contribution in [-0.4, -0.2) is 15.6 Å². The summed E-state index contributed by atoms with van der Waals surface area (Å²) in [5, 5.41) is 3.25. The molecule has 0 aliphatic heterocycles. The number of nitrogens with zero attached hydrogens (tertiary/aromatic N) is 2. The summed E-state index contributed by atoms with van der Waals surface area (Å²) in [4.78, 5) is 12.0. The molecule has 0 radical (unpaired) electrons. The van der Waals surface area contributed by atoms with Crippen molar-refractivity contribution in [1.29, 1.82) is 0 Å². The fraction of sp³-hybridized carbons (Fsp3) is 0.231. The van der Waals surface area contributed by atoms with Crippen molar-refractivity contribution in [3.05, 3.63) is 53.4 Å². The predicted octanol–water partition coefficient (Wildman–Crippen LogP) is 3.62. The normalized spacial score (nSPS) is 13.2. The lowest BCUT2D eigenvalue weighted by atomic mass is 10.1. The van der Waals surface area contributed by atoms with Gasteiger partial charge >= 0.3 is 6.18 Å². The molecule has 0 saturated heterocycles. The third-order valence-corrected chi connectivity index (χ3v) is 2.87. The van der Waals surface area contributed by atoms with E-state index in [2.05, 4.69) is 5.10 Å². The van der Waals surface area contributed by atoms with Gasteiger partial charge in [-0.2, -0.15) is 18.3 Å². The van der Waals surface area contributed by atoms with Crippen LogP contribution in [0, 0.1) is 11.6 Å². The smallest absolute Gasteiger partial charge is 0.292 e. The fourth-order valence-corrected chi connectivity index (χ4v) is 1.74. The Kier molecular flexibility index (Phi) is 3.80. The van der Waals surface area contributed by atoms with Gasteiger partial charge in [0.05, 0.1) is 5.56 Å². The third kappa shape index (κ3) is 3.09. The van der Waals surface area contributed by atoms with Crippen molar-refractivity contribution < 1.29 is 26.7 Å². The second kappa shape index (κ2) is 5.27. The molecule has 21 heavy (non-hydrogen) atoms. The molecule has 0 aliphatic carbocycles. The molecule has 0 spiro atoms. The summed E-state index contributed by atoms with van der Waals surface area (Å²) < 4.78 is 64.4. The number of carbonyl (C=O) groups is 1. The van der Waals surface area contributed by atoms with E-state index in [1.807, 2.05) is 0 Å². The molecule has 0 saturated carbocycles. The Morgan fingerprint density at radius 2 is 1.90 bits per heavy atom. The first-order valence-electron chi connectivity index (χ1n) is 5.82. The predicted molar refractivity (Wildman–Crippen MR) is 62.6 cm³/mol. The van der Waals surface area contributed by atoms with Gasteiger partial charge in [-0.25, -0.2) is 8.78 Å².